The van der Waals surface area contributed by atoms with Crippen molar-refractivity contribution < 1.29 is 4.39 Å². The van der Waals surface area contributed by atoms with Crippen molar-refractivity contribution in [2.24, 2.45) is 5.84 Å². The standard InChI is InChI=1S/C16H18ClFN2/c1-10-4-6-15(18)13(7-10)16(20-19)9-12-5-3-11(2)8-14(12)17/h3-8,16,20H,9,19H2,1-2H3. The Morgan fingerprint density at radius 2 is 1.80 bits per heavy atom. The van der Waals surface area contributed by atoms with Crippen LogP contribution in [0.4, 0.5) is 4.39 Å². The fraction of sp³-hybridized carbons (Fsp3) is 0.250. The minimum Gasteiger partial charge on any atom is -0.271 e. The number of benzene rings is 2. The topological polar surface area (TPSA) is 38.0 Å². The fourth-order valence-corrected chi connectivity index (χ4v) is 2.54. The zero-order valence-electron chi connectivity index (χ0n) is 11.6. The lowest BCUT2D eigenvalue weighted by atomic mass is 9.97. The van der Waals surface area contributed by atoms with Gasteiger partial charge in [0, 0.05) is 10.6 Å². The molecule has 0 aliphatic rings. The van der Waals surface area contributed by atoms with Crippen LogP contribution in [0.1, 0.15) is 28.3 Å². The van der Waals surface area contributed by atoms with Gasteiger partial charge in [0.25, 0.3) is 0 Å². The second-order valence-electron chi connectivity index (χ2n) is 5.04. The molecule has 0 aliphatic carbocycles. The SMILES string of the molecule is Cc1ccc(CC(NN)c2cc(C)ccc2F)c(Cl)c1. The maximum Gasteiger partial charge on any atom is 0.128 e. The first-order valence-corrected chi connectivity index (χ1v) is 6.86. The molecule has 0 amide bonds. The Morgan fingerprint density at radius 3 is 2.45 bits per heavy atom. The summed E-state index contributed by atoms with van der Waals surface area (Å²) in [5, 5.41) is 0.679. The van der Waals surface area contributed by atoms with Crippen LogP contribution in [0.2, 0.25) is 5.02 Å². The monoisotopic (exact) mass is 292 g/mol. The predicted molar refractivity (Wildman–Crippen MR) is 81.1 cm³/mol. The van der Waals surface area contributed by atoms with E-state index >= 15 is 0 Å². The van der Waals surface area contributed by atoms with Crippen molar-refractivity contribution in [3.05, 3.63) is 69.5 Å². The number of nitrogens with one attached hydrogen (secondary N) is 1. The van der Waals surface area contributed by atoms with Crippen molar-refractivity contribution in [3.8, 4) is 0 Å². The molecule has 2 aromatic carbocycles. The Bertz CT molecular complexity index is 613. The zero-order chi connectivity index (χ0) is 14.7. The van der Waals surface area contributed by atoms with E-state index in [4.69, 9.17) is 17.4 Å². The van der Waals surface area contributed by atoms with Crippen molar-refractivity contribution in [2.45, 2.75) is 26.3 Å². The fourth-order valence-electron chi connectivity index (χ4n) is 2.23. The van der Waals surface area contributed by atoms with E-state index in [0.29, 0.717) is 17.0 Å². The highest BCUT2D eigenvalue weighted by atomic mass is 35.5. The molecule has 1 atom stereocenters. The smallest absolute Gasteiger partial charge is 0.128 e. The number of hydrogen-bond donors (Lipinski definition) is 2. The summed E-state index contributed by atoms with van der Waals surface area (Å²) in [6.45, 7) is 3.91. The molecule has 20 heavy (non-hydrogen) atoms. The van der Waals surface area contributed by atoms with Crippen LogP contribution in [-0.4, -0.2) is 0 Å². The minimum absolute atomic E-state index is 0.262. The van der Waals surface area contributed by atoms with Crippen LogP contribution in [0.15, 0.2) is 36.4 Å². The van der Waals surface area contributed by atoms with Crippen molar-refractivity contribution in [3.63, 3.8) is 0 Å². The molecule has 2 aromatic rings. The average molecular weight is 293 g/mol. The number of nitrogens with two attached hydrogens (primary N) is 1. The molecule has 0 bridgehead atoms. The van der Waals surface area contributed by atoms with E-state index < -0.39 is 0 Å². The van der Waals surface area contributed by atoms with Gasteiger partial charge in [0.05, 0.1) is 6.04 Å². The summed E-state index contributed by atoms with van der Waals surface area (Å²) in [5.41, 5.74) is 6.27. The van der Waals surface area contributed by atoms with Crippen molar-refractivity contribution >= 4 is 11.6 Å². The normalized spacial score (nSPS) is 12.4. The van der Waals surface area contributed by atoms with Gasteiger partial charge in [0.2, 0.25) is 0 Å². The number of hydrazine groups is 1. The molecule has 0 heterocycles. The van der Waals surface area contributed by atoms with Gasteiger partial charge in [0.1, 0.15) is 5.82 Å². The third-order valence-electron chi connectivity index (χ3n) is 3.36. The van der Waals surface area contributed by atoms with Crippen molar-refractivity contribution in [1.29, 1.82) is 0 Å². The summed E-state index contributed by atoms with van der Waals surface area (Å²) in [4.78, 5) is 0. The molecule has 2 rings (SSSR count). The molecule has 4 heteroatoms. The third-order valence-corrected chi connectivity index (χ3v) is 3.71. The maximum absolute atomic E-state index is 13.9. The first kappa shape index (κ1) is 15.0. The molecule has 0 aromatic heterocycles. The van der Waals surface area contributed by atoms with E-state index in [1.165, 1.54) is 6.07 Å². The Kier molecular flexibility index (Phi) is 4.76. The van der Waals surface area contributed by atoms with Gasteiger partial charge in [-0.1, -0.05) is 41.4 Å². The zero-order valence-corrected chi connectivity index (χ0v) is 12.3. The quantitative estimate of drug-likeness (QED) is 0.664. The van der Waals surface area contributed by atoms with Gasteiger partial charge in [-0.05, 0) is 43.5 Å². The molecule has 0 saturated carbocycles. The lowest BCUT2D eigenvalue weighted by Crippen LogP contribution is -2.30. The van der Waals surface area contributed by atoms with E-state index in [-0.39, 0.29) is 11.9 Å². The summed E-state index contributed by atoms with van der Waals surface area (Å²) in [7, 11) is 0. The Hall–Kier alpha value is -1.42. The molecule has 2 nitrogen and oxygen atoms in total. The van der Waals surface area contributed by atoms with E-state index in [1.807, 2.05) is 38.1 Å². The van der Waals surface area contributed by atoms with Gasteiger partial charge < -0.3 is 0 Å². The van der Waals surface area contributed by atoms with E-state index in [9.17, 15) is 4.39 Å². The molecule has 3 N–H and O–H groups in total. The van der Waals surface area contributed by atoms with Crippen LogP contribution >= 0.6 is 11.6 Å². The van der Waals surface area contributed by atoms with Gasteiger partial charge in [-0.3, -0.25) is 11.3 Å². The Balaban J connectivity index is 2.31. The van der Waals surface area contributed by atoms with E-state index in [1.54, 1.807) is 6.07 Å². The molecule has 0 saturated heterocycles. The molecular formula is C16H18ClFN2. The summed E-state index contributed by atoms with van der Waals surface area (Å²) < 4.78 is 13.9. The van der Waals surface area contributed by atoms with Gasteiger partial charge in [0.15, 0.2) is 0 Å². The molecule has 1 unspecified atom stereocenters. The minimum atomic E-state index is -0.310. The molecule has 0 radical (unpaired) electrons. The van der Waals surface area contributed by atoms with Crippen LogP contribution in [0, 0.1) is 19.7 Å². The molecule has 0 spiro atoms. The second-order valence-corrected chi connectivity index (χ2v) is 5.45. The summed E-state index contributed by atoms with van der Waals surface area (Å²) in [6.07, 6.45) is 0.538. The summed E-state index contributed by atoms with van der Waals surface area (Å²) in [6, 6.07) is 10.5. The first-order valence-electron chi connectivity index (χ1n) is 6.48. The molecule has 106 valence electrons. The van der Waals surface area contributed by atoms with Crippen LogP contribution in [0.3, 0.4) is 0 Å². The predicted octanol–water partition coefficient (Wildman–Crippen LogP) is 3.84. The van der Waals surface area contributed by atoms with Crippen molar-refractivity contribution in [2.75, 3.05) is 0 Å². The highest BCUT2D eigenvalue weighted by molar-refractivity contribution is 6.31. The molecule has 0 aliphatic heterocycles. The maximum atomic E-state index is 13.9. The van der Waals surface area contributed by atoms with E-state index in [2.05, 4.69) is 5.43 Å². The van der Waals surface area contributed by atoms with Gasteiger partial charge in [-0.15, -0.1) is 0 Å². The van der Waals surface area contributed by atoms with Crippen LogP contribution in [0.25, 0.3) is 0 Å². The summed E-state index contributed by atoms with van der Waals surface area (Å²) >= 11 is 6.23. The lowest BCUT2D eigenvalue weighted by Gasteiger charge is -2.18. The van der Waals surface area contributed by atoms with E-state index in [0.717, 1.165) is 16.7 Å². The highest BCUT2D eigenvalue weighted by Crippen LogP contribution is 2.26. The second kappa shape index (κ2) is 6.35. The van der Waals surface area contributed by atoms with Gasteiger partial charge >= 0.3 is 0 Å². The van der Waals surface area contributed by atoms with Crippen LogP contribution < -0.4 is 11.3 Å². The van der Waals surface area contributed by atoms with Gasteiger partial charge in [-0.2, -0.15) is 0 Å². The highest BCUT2D eigenvalue weighted by Gasteiger charge is 2.16. The lowest BCUT2D eigenvalue weighted by molar-refractivity contribution is 0.510. The van der Waals surface area contributed by atoms with Gasteiger partial charge in [-0.25, -0.2) is 4.39 Å². The first-order chi connectivity index (χ1) is 9.51. The average Bonchev–Trinajstić information content (AvgIpc) is 2.41. The molecular weight excluding hydrogens is 275 g/mol. The Labute approximate surface area is 123 Å². The Morgan fingerprint density at radius 1 is 1.15 bits per heavy atom. The molecule has 0 fully saturated rings. The summed E-state index contributed by atoms with van der Waals surface area (Å²) in [5.74, 6) is 5.33. The van der Waals surface area contributed by atoms with Crippen LogP contribution in [-0.2, 0) is 6.42 Å². The number of rotatable bonds is 4. The number of aryl methyl sites for hydroxylation is 2. The number of halogens is 2. The van der Waals surface area contributed by atoms with Crippen molar-refractivity contribution in [1.82, 2.24) is 5.43 Å². The number of hydrogen-bond acceptors (Lipinski definition) is 2. The third kappa shape index (κ3) is 3.37. The largest absolute Gasteiger partial charge is 0.271 e. The van der Waals surface area contributed by atoms with Crippen LogP contribution in [0.5, 0.6) is 0 Å².